The summed E-state index contributed by atoms with van der Waals surface area (Å²) >= 11 is 0. The van der Waals surface area contributed by atoms with E-state index in [2.05, 4.69) is 33.4 Å². The fraction of sp³-hybridized carbons (Fsp3) is 0.118. The number of nitriles is 1. The smallest absolute Gasteiger partial charge is 0.113 e. The summed E-state index contributed by atoms with van der Waals surface area (Å²) in [6.45, 7) is 0. The van der Waals surface area contributed by atoms with Gasteiger partial charge in [-0.2, -0.15) is 5.26 Å². The zero-order valence-electron chi connectivity index (χ0n) is 12.4. The summed E-state index contributed by atoms with van der Waals surface area (Å²) in [6, 6.07) is 17.5. The van der Waals surface area contributed by atoms with Gasteiger partial charge in [-0.1, -0.05) is 17.3 Å². The van der Waals surface area contributed by atoms with Crippen LogP contribution in [0.1, 0.15) is 5.56 Å². The van der Waals surface area contributed by atoms with Gasteiger partial charge in [0.25, 0.3) is 0 Å². The molecule has 2 aromatic carbocycles. The van der Waals surface area contributed by atoms with Crippen molar-refractivity contribution in [1.82, 2.24) is 15.0 Å². The molecule has 0 bridgehead atoms. The third-order valence-corrected chi connectivity index (χ3v) is 3.43. The Kier molecular flexibility index (Phi) is 3.58. The second-order valence-corrected chi connectivity index (χ2v) is 5.15. The third-order valence-electron chi connectivity index (χ3n) is 3.43. The largest absolute Gasteiger partial charge is 0.378 e. The lowest BCUT2D eigenvalue weighted by Crippen LogP contribution is -2.07. The third kappa shape index (κ3) is 2.67. The normalized spacial score (nSPS) is 10.2. The van der Waals surface area contributed by atoms with E-state index in [0.29, 0.717) is 5.56 Å². The summed E-state index contributed by atoms with van der Waals surface area (Å²) in [7, 11) is 4.02. The van der Waals surface area contributed by atoms with E-state index in [1.165, 1.54) is 0 Å². The Labute approximate surface area is 129 Å². The highest BCUT2D eigenvalue weighted by Gasteiger charge is 2.06. The molecule has 0 aliphatic carbocycles. The van der Waals surface area contributed by atoms with Crippen LogP contribution >= 0.6 is 0 Å². The van der Waals surface area contributed by atoms with Crippen LogP contribution in [0.15, 0.2) is 54.7 Å². The van der Waals surface area contributed by atoms with E-state index in [0.717, 1.165) is 22.6 Å². The summed E-state index contributed by atoms with van der Waals surface area (Å²) in [4.78, 5) is 2.05. The van der Waals surface area contributed by atoms with Gasteiger partial charge in [0.1, 0.15) is 5.69 Å². The van der Waals surface area contributed by atoms with Gasteiger partial charge >= 0.3 is 0 Å². The quantitative estimate of drug-likeness (QED) is 0.744. The van der Waals surface area contributed by atoms with E-state index in [4.69, 9.17) is 5.26 Å². The van der Waals surface area contributed by atoms with E-state index in [9.17, 15) is 0 Å². The van der Waals surface area contributed by atoms with Gasteiger partial charge in [-0.25, -0.2) is 4.68 Å². The maximum absolute atomic E-state index is 8.83. The van der Waals surface area contributed by atoms with Gasteiger partial charge in [-0.3, -0.25) is 0 Å². The minimum atomic E-state index is 0.628. The molecule has 5 nitrogen and oxygen atoms in total. The monoisotopic (exact) mass is 289 g/mol. The number of hydrogen-bond acceptors (Lipinski definition) is 4. The summed E-state index contributed by atoms with van der Waals surface area (Å²) in [6.07, 6.45) is 1.88. The number of hydrogen-bond donors (Lipinski definition) is 0. The Bertz CT molecular complexity index is 808. The van der Waals surface area contributed by atoms with Crippen LogP contribution in [0.2, 0.25) is 0 Å². The van der Waals surface area contributed by atoms with Gasteiger partial charge < -0.3 is 4.90 Å². The predicted molar refractivity (Wildman–Crippen MR) is 85.8 cm³/mol. The molecule has 3 aromatic rings. The Morgan fingerprint density at radius 2 is 1.68 bits per heavy atom. The van der Waals surface area contributed by atoms with Crippen LogP contribution in [0.25, 0.3) is 16.9 Å². The zero-order chi connectivity index (χ0) is 15.5. The van der Waals surface area contributed by atoms with Crippen molar-refractivity contribution >= 4 is 5.69 Å². The summed E-state index contributed by atoms with van der Waals surface area (Å²) in [5, 5.41) is 17.2. The van der Waals surface area contributed by atoms with Crippen LogP contribution < -0.4 is 4.90 Å². The molecule has 3 rings (SSSR count). The Balaban J connectivity index is 1.88. The molecule has 1 aromatic heterocycles. The number of anilines is 1. The zero-order valence-corrected chi connectivity index (χ0v) is 12.4. The predicted octanol–water partition coefficient (Wildman–Crippen LogP) is 2.87. The highest BCUT2D eigenvalue weighted by atomic mass is 15.4. The molecule has 5 heteroatoms. The van der Waals surface area contributed by atoms with Crippen LogP contribution in [0.4, 0.5) is 5.69 Å². The molecular weight excluding hydrogens is 274 g/mol. The second-order valence-electron chi connectivity index (χ2n) is 5.15. The van der Waals surface area contributed by atoms with Crippen molar-refractivity contribution < 1.29 is 0 Å². The molecule has 0 fully saturated rings. The Hall–Kier alpha value is -3.13. The lowest BCUT2D eigenvalue weighted by Gasteiger charge is -2.11. The molecule has 0 atom stereocenters. The molecule has 0 radical (unpaired) electrons. The molecule has 1 heterocycles. The van der Waals surface area contributed by atoms with Crippen molar-refractivity contribution in [3.63, 3.8) is 0 Å². The molecule has 0 N–H and O–H groups in total. The molecule has 22 heavy (non-hydrogen) atoms. The van der Waals surface area contributed by atoms with Crippen LogP contribution in [0.5, 0.6) is 0 Å². The highest BCUT2D eigenvalue weighted by molar-refractivity contribution is 5.62. The first-order valence-corrected chi connectivity index (χ1v) is 6.88. The van der Waals surface area contributed by atoms with Crippen molar-refractivity contribution in [2.75, 3.05) is 19.0 Å². The van der Waals surface area contributed by atoms with Crippen LogP contribution in [0.3, 0.4) is 0 Å². The van der Waals surface area contributed by atoms with Gasteiger partial charge in [-0.15, -0.1) is 5.10 Å². The van der Waals surface area contributed by atoms with E-state index < -0.39 is 0 Å². The highest BCUT2D eigenvalue weighted by Crippen LogP contribution is 2.21. The van der Waals surface area contributed by atoms with Crippen molar-refractivity contribution in [2.45, 2.75) is 0 Å². The summed E-state index contributed by atoms with van der Waals surface area (Å²) in [5.74, 6) is 0. The molecule has 0 amide bonds. The molecule has 0 saturated heterocycles. The summed E-state index contributed by atoms with van der Waals surface area (Å²) < 4.78 is 1.70. The molecule has 0 saturated carbocycles. The van der Waals surface area contributed by atoms with E-state index in [1.54, 1.807) is 16.8 Å². The van der Waals surface area contributed by atoms with E-state index in [-0.39, 0.29) is 0 Å². The number of benzene rings is 2. The lowest BCUT2D eigenvalue weighted by molar-refractivity contribution is 0.804. The first-order chi connectivity index (χ1) is 10.7. The number of nitrogens with zero attached hydrogens (tertiary/aromatic N) is 5. The molecule has 0 spiro atoms. The molecule has 0 aliphatic rings. The van der Waals surface area contributed by atoms with Crippen molar-refractivity contribution in [1.29, 1.82) is 5.26 Å². The van der Waals surface area contributed by atoms with Gasteiger partial charge in [0.2, 0.25) is 0 Å². The molecule has 0 aliphatic heterocycles. The lowest BCUT2D eigenvalue weighted by atomic mass is 10.1. The maximum atomic E-state index is 8.83. The Morgan fingerprint density at radius 3 is 2.27 bits per heavy atom. The SMILES string of the molecule is CN(C)c1ccc(-c2cn(-c3ccc(C#N)cc3)nn2)cc1. The average Bonchev–Trinajstić information content (AvgIpc) is 3.05. The molecular formula is C17H15N5. The minimum Gasteiger partial charge on any atom is -0.378 e. The fourth-order valence-corrected chi connectivity index (χ4v) is 2.14. The van der Waals surface area contributed by atoms with Crippen LogP contribution in [-0.2, 0) is 0 Å². The standard InChI is InChI=1S/C17H15N5/c1-21(2)15-9-5-14(6-10-15)17-12-22(20-19-17)16-7-3-13(11-18)4-8-16/h3-10,12H,1-2H3. The fourth-order valence-electron chi connectivity index (χ4n) is 2.14. The van der Waals surface area contributed by atoms with E-state index >= 15 is 0 Å². The van der Waals surface area contributed by atoms with Crippen LogP contribution in [0, 0.1) is 11.3 Å². The average molecular weight is 289 g/mol. The molecule has 0 unspecified atom stereocenters. The topological polar surface area (TPSA) is 57.7 Å². The van der Waals surface area contributed by atoms with Gasteiger partial charge in [0, 0.05) is 25.3 Å². The van der Waals surface area contributed by atoms with Crippen molar-refractivity contribution in [2.24, 2.45) is 0 Å². The maximum Gasteiger partial charge on any atom is 0.113 e. The van der Waals surface area contributed by atoms with Crippen molar-refractivity contribution in [3.8, 4) is 23.0 Å². The Morgan fingerprint density at radius 1 is 1.00 bits per heavy atom. The van der Waals surface area contributed by atoms with E-state index in [1.807, 2.05) is 44.6 Å². The van der Waals surface area contributed by atoms with Gasteiger partial charge in [0.15, 0.2) is 0 Å². The van der Waals surface area contributed by atoms with Crippen molar-refractivity contribution in [3.05, 3.63) is 60.3 Å². The minimum absolute atomic E-state index is 0.628. The van der Waals surface area contributed by atoms with Gasteiger partial charge in [-0.05, 0) is 36.4 Å². The summed E-state index contributed by atoms with van der Waals surface area (Å²) in [5.41, 5.74) is 4.48. The molecule has 108 valence electrons. The van der Waals surface area contributed by atoms with Gasteiger partial charge in [0.05, 0.1) is 23.5 Å². The first-order valence-electron chi connectivity index (χ1n) is 6.88. The first kappa shape index (κ1) is 13.8. The number of aromatic nitrogens is 3. The number of rotatable bonds is 3. The van der Waals surface area contributed by atoms with Crippen LogP contribution in [-0.4, -0.2) is 29.1 Å². The second kappa shape index (κ2) is 5.70.